The molecule has 1 N–H and O–H groups in total. The first-order valence-corrected chi connectivity index (χ1v) is 8.18. The molecular weight excluding hydrogens is 277 g/mol. The van der Waals surface area contributed by atoms with Gasteiger partial charge >= 0.3 is 6.18 Å². The highest BCUT2D eigenvalue weighted by molar-refractivity contribution is 4.90. The van der Waals surface area contributed by atoms with Crippen molar-refractivity contribution in [2.24, 2.45) is 11.3 Å². The van der Waals surface area contributed by atoms with Gasteiger partial charge < -0.3 is 5.32 Å². The molecule has 1 aliphatic rings. The van der Waals surface area contributed by atoms with Gasteiger partial charge in [-0.15, -0.1) is 0 Å². The van der Waals surface area contributed by atoms with Gasteiger partial charge in [-0.05, 0) is 30.7 Å². The zero-order valence-electron chi connectivity index (χ0n) is 13.9. The molecule has 0 heterocycles. The van der Waals surface area contributed by atoms with Crippen LogP contribution < -0.4 is 5.32 Å². The highest BCUT2D eigenvalue weighted by Gasteiger charge is 2.38. The van der Waals surface area contributed by atoms with Crippen LogP contribution in [0.1, 0.15) is 53.4 Å². The average molecular weight is 308 g/mol. The number of nitrogens with one attached hydrogen (secondary N) is 1. The fraction of sp³-hybridized carbons (Fsp3) is 1.00. The Bertz CT molecular complexity index is 294. The smallest absolute Gasteiger partial charge is 0.314 e. The van der Waals surface area contributed by atoms with Gasteiger partial charge in [0.1, 0.15) is 0 Å². The molecule has 0 spiro atoms. The van der Waals surface area contributed by atoms with Gasteiger partial charge in [-0.3, -0.25) is 4.90 Å². The van der Waals surface area contributed by atoms with Gasteiger partial charge in [0.2, 0.25) is 0 Å². The summed E-state index contributed by atoms with van der Waals surface area (Å²) in [4.78, 5) is 1.57. The van der Waals surface area contributed by atoms with Crippen molar-refractivity contribution in [1.29, 1.82) is 0 Å². The molecule has 0 aromatic rings. The average Bonchev–Trinajstić information content (AvgIpc) is 2.37. The second kappa shape index (κ2) is 7.82. The van der Waals surface area contributed by atoms with E-state index >= 15 is 0 Å². The van der Waals surface area contributed by atoms with Crippen LogP contribution in [-0.4, -0.2) is 43.3 Å². The molecule has 1 rings (SSSR count). The number of nitrogens with zero attached hydrogens (tertiary/aromatic N) is 1. The molecule has 0 unspecified atom stereocenters. The molecule has 0 radical (unpaired) electrons. The number of alkyl halides is 3. The molecule has 0 saturated heterocycles. The van der Waals surface area contributed by atoms with Crippen molar-refractivity contribution in [3.05, 3.63) is 0 Å². The monoisotopic (exact) mass is 308 g/mol. The first-order valence-electron chi connectivity index (χ1n) is 8.18. The maximum Gasteiger partial charge on any atom is 0.401 e. The Morgan fingerprint density at radius 2 is 1.81 bits per heavy atom. The lowest BCUT2D eigenvalue weighted by Gasteiger charge is -2.43. The molecule has 2 nitrogen and oxygen atoms in total. The third-order valence-electron chi connectivity index (χ3n) is 4.63. The van der Waals surface area contributed by atoms with E-state index in [9.17, 15) is 13.2 Å². The first-order chi connectivity index (χ1) is 9.66. The minimum Gasteiger partial charge on any atom is -0.314 e. The maximum absolute atomic E-state index is 12.7. The molecule has 0 aromatic heterocycles. The number of hydrogen-bond donors (Lipinski definition) is 1. The molecule has 0 amide bonds. The van der Waals surface area contributed by atoms with Crippen LogP contribution in [-0.2, 0) is 0 Å². The van der Waals surface area contributed by atoms with Crippen molar-refractivity contribution in [2.75, 3.05) is 26.2 Å². The van der Waals surface area contributed by atoms with E-state index in [-0.39, 0.29) is 5.41 Å². The highest BCUT2D eigenvalue weighted by atomic mass is 19.4. The number of halogens is 3. The van der Waals surface area contributed by atoms with E-state index in [1.807, 2.05) is 6.92 Å². The summed E-state index contributed by atoms with van der Waals surface area (Å²) in [5.41, 5.74) is -0.00194. The third kappa shape index (κ3) is 7.00. The zero-order valence-corrected chi connectivity index (χ0v) is 13.9. The molecule has 1 saturated carbocycles. The van der Waals surface area contributed by atoms with Crippen molar-refractivity contribution < 1.29 is 13.2 Å². The van der Waals surface area contributed by atoms with Crippen LogP contribution in [0, 0.1) is 11.3 Å². The zero-order chi connectivity index (χ0) is 16.1. The number of hydrogen-bond acceptors (Lipinski definition) is 2. The molecule has 0 aromatic carbocycles. The van der Waals surface area contributed by atoms with E-state index in [2.05, 4.69) is 26.1 Å². The fourth-order valence-corrected chi connectivity index (χ4v) is 3.19. The first kappa shape index (κ1) is 18.8. The topological polar surface area (TPSA) is 15.3 Å². The minimum absolute atomic E-state index is 0.00194. The van der Waals surface area contributed by atoms with Crippen LogP contribution in [0.3, 0.4) is 0 Å². The Kier molecular flexibility index (Phi) is 6.98. The van der Waals surface area contributed by atoms with E-state index in [0.29, 0.717) is 25.0 Å². The lowest BCUT2D eigenvalue weighted by atomic mass is 9.70. The summed E-state index contributed by atoms with van der Waals surface area (Å²) in [7, 11) is 0. The van der Waals surface area contributed by atoms with Gasteiger partial charge in [0.25, 0.3) is 0 Å². The molecule has 0 atom stereocenters. The van der Waals surface area contributed by atoms with Crippen LogP contribution in [0.5, 0.6) is 0 Å². The molecule has 5 heteroatoms. The molecule has 0 bridgehead atoms. The van der Waals surface area contributed by atoms with Crippen molar-refractivity contribution >= 4 is 0 Å². The predicted molar refractivity (Wildman–Crippen MR) is 81.4 cm³/mol. The van der Waals surface area contributed by atoms with Gasteiger partial charge in [0.05, 0.1) is 6.54 Å². The normalized spacial score (nSPS) is 27.6. The van der Waals surface area contributed by atoms with Crippen molar-refractivity contribution in [2.45, 2.75) is 65.6 Å². The molecule has 21 heavy (non-hydrogen) atoms. The second-order valence-electron chi connectivity index (χ2n) is 7.14. The third-order valence-corrected chi connectivity index (χ3v) is 4.63. The van der Waals surface area contributed by atoms with Gasteiger partial charge in [-0.25, -0.2) is 0 Å². The van der Waals surface area contributed by atoms with Crippen LogP contribution in [0.4, 0.5) is 13.2 Å². The quantitative estimate of drug-likeness (QED) is 0.763. The lowest BCUT2D eigenvalue weighted by molar-refractivity contribution is -0.149. The summed E-state index contributed by atoms with van der Waals surface area (Å²) in [5.74, 6) is 0.704. The fourth-order valence-electron chi connectivity index (χ4n) is 3.19. The van der Waals surface area contributed by atoms with Crippen LogP contribution in [0.15, 0.2) is 0 Å². The number of rotatable bonds is 7. The maximum atomic E-state index is 12.7. The van der Waals surface area contributed by atoms with Gasteiger partial charge in [-0.2, -0.15) is 13.2 Å². The SMILES string of the molecule is CCN(CC(F)(F)F)CC1(CNC(C)C)CCC(C)CC1. The Hall–Kier alpha value is -0.290. The van der Waals surface area contributed by atoms with Crippen LogP contribution >= 0.6 is 0 Å². The van der Waals surface area contributed by atoms with E-state index in [0.717, 1.165) is 32.2 Å². The van der Waals surface area contributed by atoms with E-state index < -0.39 is 12.7 Å². The summed E-state index contributed by atoms with van der Waals surface area (Å²) in [5, 5.41) is 3.46. The summed E-state index contributed by atoms with van der Waals surface area (Å²) in [6, 6.07) is 0.374. The van der Waals surface area contributed by atoms with E-state index in [4.69, 9.17) is 0 Å². The highest BCUT2D eigenvalue weighted by Crippen LogP contribution is 2.39. The van der Waals surface area contributed by atoms with Gasteiger partial charge in [-0.1, -0.05) is 40.5 Å². The van der Waals surface area contributed by atoms with Gasteiger partial charge in [0.15, 0.2) is 0 Å². The second-order valence-corrected chi connectivity index (χ2v) is 7.14. The van der Waals surface area contributed by atoms with Crippen molar-refractivity contribution in [3.63, 3.8) is 0 Å². The van der Waals surface area contributed by atoms with Crippen molar-refractivity contribution in [1.82, 2.24) is 10.2 Å². The van der Waals surface area contributed by atoms with Gasteiger partial charge in [0, 0.05) is 19.1 Å². The molecular formula is C16H31F3N2. The molecule has 1 aliphatic carbocycles. The lowest BCUT2D eigenvalue weighted by Crippen LogP contribution is -2.49. The Labute approximate surface area is 127 Å². The molecule has 0 aliphatic heterocycles. The largest absolute Gasteiger partial charge is 0.401 e. The standard InChI is InChI=1S/C16H31F3N2/c1-5-21(12-16(17,18)19)11-15(10-20-13(2)3)8-6-14(4)7-9-15/h13-14,20H,5-12H2,1-4H3. The molecule has 126 valence electrons. The summed E-state index contributed by atoms with van der Waals surface area (Å²) >= 11 is 0. The van der Waals surface area contributed by atoms with Crippen molar-refractivity contribution in [3.8, 4) is 0 Å². The van der Waals surface area contributed by atoms with E-state index in [1.165, 1.54) is 0 Å². The minimum atomic E-state index is -4.11. The summed E-state index contributed by atoms with van der Waals surface area (Å²) < 4.78 is 38.1. The summed E-state index contributed by atoms with van der Waals surface area (Å²) in [6.07, 6.45) is 0.210. The van der Waals surface area contributed by atoms with Crippen LogP contribution in [0.2, 0.25) is 0 Å². The predicted octanol–water partition coefficient (Wildman–Crippen LogP) is 4.07. The summed E-state index contributed by atoms with van der Waals surface area (Å²) in [6.45, 7) is 9.29. The van der Waals surface area contributed by atoms with E-state index in [1.54, 1.807) is 4.90 Å². The molecule has 1 fully saturated rings. The Balaban J connectivity index is 2.71. The Morgan fingerprint density at radius 3 is 2.24 bits per heavy atom. The Morgan fingerprint density at radius 1 is 1.24 bits per heavy atom. The van der Waals surface area contributed by atoms with Crippen LogP contribution in [0.25, 0.3) is 0 Å².